The summed E-state index contributed by atoms with van der Waals surface area (Å²) in [6.07, 6.45) is 5.70. The van der Waals surface area contributed by atoms with Crippen molar-refractivity contribution in [3.05, 3.63) is 66.1 Å². The first-order valence-electron chi connectivity index (χ1n) is 8.16. The summed E-state index contributed by atoms with van der Waals surface area (Å²) >= 11 is 0. The van der Waals surface area contributed by atoms with E-state index < -0.39 is 0 Å². The van der Waals surface area contributed by atoms with E-state index in [1.54, 1.807) is 49.6 Å². The van der Waals surface area contributed by atoms with Crippen molar-refractivity contribution in [3.63, 3.8) is 0 Å². The summed E-state index contributed by atoms with van der Waals surface area (Å²) in [6.45, 7) is 0.509. The second-order valence-electron chi connectivity index (χ2n) is 5.55. The Balaban J connectivity index is 1.56. The van der Waals surface area contributed by atoms with Crippen LogP contribution >= 0.6 is 0 Å². The van der Waals surface area contributed by atoms with Gasteiger partial charge in [0.2, 0.25) is 0 Å². The van der Waals surface area contributed by atoms with Gasteiger partial charge in [-0.05, 0) is 42.3 Å². The predicted octanol–water partition coefficient (Wildman–Crippen LogP) is 2.26. The maximum atomic E-state index is 12.2. The molecule has 3 rings (SSSR count). The Morgan fingerprint density at radius 1 is 1.15 bits per heavy atom. The van der Waals surface area contributed by atoms with Gasteiger partial charge in [-0.15, -0.1) is 0 Å². The van der Waals surface area contributed by atoms with Crippen LogP contribution in [0.1, 0.15) is 15.9 Å². The first-order valence-corrected chi connectivity index (χ1v) is 8.16. The number of nitrogens with zero attached hydrogens (tertiary/aromatic N) is 3. The molecule has 1 aromatic carbocycles. The zero-order valence-electron chi connectivity index (χ0n) is 14.7. The number of benzene rings is 1. The molecule has 0 spiro atoms. The molecule has 0 radical (unpaired) electrons. The molecule has 0 atom stereocenters. The fourth-order valence-electron chi connectivity index (χ4n) is 2.52. The van der Waals surface area contributed by atoms with Gasteiger partial charge in [-0.2, -0.15) is 5.10 Å². The molecule has 2 heterocycles. The molecule has 2 aromatic heterocycles. The number of carbonyl (C=O) groups is 1. The van der Waals surface area contributed by atoms with Crippen LogP contribution in [0.3, 0.4) is 0 Å². The topological polar surface area (TPSA) is 78.3 Å². The molecule has 0 aliphatic heterocycles. The monoisotopic (exact) mass is 352 g/mol. The summed E-state index contributed by atoms with van der Waals surface area (Å²) in [5.74, 6) is 1.86. The minimum Gasteiger partial charge on any atom is -0.493 e. The minimum absolute atomic E-state index is 0.162. The van der Waals surface area contributed by atoms with E-state index in [-0.39, 0.29) is 5.91 Å². The van der Waals surface area contributed by atoms with Crippen molar-refractivity contribution >= 4 is 5.91 Å². The summed E-state index contributed by atoms with van der Waals surface area (Å²) in [7, 11) is 3.20. The second-order valence-corrected chi connectivity index (χ2v) is 5.55. The van der Waals surface area contributed by atoms with Gasteiger partial charge in [-0.3, -0.25) is 4.79 Å². The average molecular weight is 352 g/mol. The molecule has 1 amide bonds. The van der Waals surface area contributed by atoms with E-state index in [1.807, 2.05) is 24.3 Å². The maximum absolute atomic E-state index is 12.2. The molecule has 0 aliphatic rings. The number of carbonyl (C=O) groups excluding carboxylic acids is 1. The molecule has 7 heteroatoms. The Kier molecular flexibility index (Phi) is 5.48. The van der Waals surface area contributed by atoms with E-state index in [0.717, 1.165) is 5.56 Å². The van der Waals surface area contributed by atoms with Crippen molar-refractivity contribution in [2.24, 2.45) is 0 Å². The SMILES string of the molecule is COc1ccc(CCNC(=O)c2ccc(-n3cccn3)nc2)cc1OC. The van der Waals surface area contributed by atoms with Crippen LogP contribution in [-0.4, -0.2) is 41.4 Å². The smallest absolute Gasteiger partial charge is 0.252 e. The van der Waals surface area contributed by atoms with Crippen LogP contribution in [0, 0.1) is 0 Å². The molecular formula is C19H20N4O3. The number of aromatic nitrogens is 3. The van der Waals surface area contributed by atoms with E-state index in [4.69, 9.17) is 9.47 Å². The number of hydrogen-bond acceptors (Lipinski definition) is 5. The second kappa shape index (κ2) is 8.15. The number of ether oxygens (including phenoxy) is 2. The largest absolute Gasteiger partial charge is 0.493 e. The Morgan fingerprint density at radius 3 is 2.65 bits per heavy atom. The molecule has 0 saturated heterocycles. The van der Waals surface area contributed by atoms with Gasteiger partial charge < -0.3 is 14.8 Å². The van der Waals surface area contributed by atoms with Gasteiger partial charge in [-0.25, -0.2) is 9.67 Å². The third-order valence-corrected chi connectivity index (χ3v) is 3.90. The third-order valence-electron chi connectivity index (χ3n) is 3.90. The number of amides is 1. The van der Waals surface area contributed by atoms with Crippen LogP contribution in [0.5, 0.6) is 11.5 Å². The molecule has 0 unspecified atom stereocenters. The van der Waals surface area contributed by atoms with E-state index >= 15 is 0 Å². The van der Waals surface area contributed by atoms with Gasteiger partial charge in [-0.1, -0.05) is 6.07 Å². The number of rotatable bonds is 7. The first-order chi connectivity index (χ1) is 12.7. The van der Waals surface area contributed by atoms with Crippen molar-refractivity contribution in [1.82, 2.24) is 20.1 Å². The molecule has 0 saturated carbocycles. The van der Waals surface area contributed by atoms with Gasteiger partial charge in [0.05, 0.1) is 19.8 Å². The minimum atomic E-state index is -0.162. The Hall–Kier alpha value is -3.35. The highest BCUT2D eigenvalue weighted by Crippen LogP contribution is 2.27. The van der Waals surface area contributed by atoms with Crippen LogP contribution in [0.4, 0.5) is 0 Å². The summed E-state index contributed by atoms with van der Waals surface area (Å²) in [4.78, 5) is 16.5. The van der Waals surface area contributed by atoms with Gasteiger partial charge in [0.25, 0.3) is 5.91 Å². The third kappa shape index (κ3) is 4.00. The highest BCUT2D eigenvalue weighted by molar-refractivity contribution is 5.93. The molecule has 0 aliphatic carbocycles. The van der Waals surface area contributed by atoms with E-state index in [9.17, 15) is 4.79 Å². The zero-order valence-corrected chi connectivity index (χ0v) is 14.7. The lowest BCUT2D eigenvalue weighted by Crippen LogP contribution is -2.25. The molecule has 134 valence electrons. The summed E-state index contributed by atoms with van der Waals surface area (Å²) in [5, 5.41) is 7.00. The van der Waals surface area contributed by atoms with Crippen LogP contribution in [-0.2, 0) is 6.42 Å². The van der Waals surface area contributed by atoms with Crippen molar-refractivity contribution < 1.29 is 14.3 Å². The van der Waals surface area contributed by atoms with E-state index in [2.05, 4.69) is 15.4 Å². The molecule has 0 fully saturated rings. The average Bonchev–Trinajstić information content (AvgIpc) is 3.22. The summed E-state index contributed by atoms with van der Waals surface area (Å²) in [5.41, 5.74) is 1.56. The fraction of sp³-hybridized carbons (Fsp3) is 0.211. The highest BCUT2D eigenvalue weighted by Gasteiger charge is 2.08. The van der Waals surface area contributed by atoms with Gasteiger partial charge >= 0.3 is 0 Å². The molecule has 3 aromatic rings. The van der Waals surface area contributed by atoms with Gasteiger partial charge in [0.1, 0.15) is 0 Å². The predicted molar refractivity (Wildman–Crippen MR) is 96.9 cm³/mol. The van der Waals surface area contributed by atoms with Crippen LogP contribution < -0.4 is 14.8 Å². The lowest BCUT2D eigenvalue weighted by Gasteiger charge is -2.10. The van der Waals surface area contributed by atoms with Gasteiger partial charge in [0.15, 0.2) is 17.3 Å². The Labute approximate surface area is 151 Å². The molecule has 7 nitrogen and oxygen atoms in total. The standard InChI is InChI=1S/C19H20N4O3/c1-25-16-6-4-14(12-17(16)26-2)8-10-20-19(24)15-5-7-18(21-13-15)23-11-3-9-22-23/h3-7,9,11-13H,8,10H2,1-2H3,(H,20,24). The lowest BCUT2D eigenvalue weighted by molar-refractivity contribution is 0.0954. The van der Waals surface area contributed by atoms with Crippen LogP contribution in [0.2, 0.25) is 0 Å². The molecular weight excluding hydrogens is 332 g/mol. The molecule has 0 bridgehead atoms. The van der Waals surface area contributed by atoms with E-state index in [1.165, 1.54) is 0 Å². The van der Waals surface area contributed by atoms with Crippen LogP contribution in [0.15, 0.2) is 55.0 Å². The lowest BCUT2D eigenvalue weighted by atomic mass is 10.1. The van der Waals surface area contributed by atoms with Gasteiger partial charge in [0, 0.05) is 25.1 Å². The molecule has 26 heavy (non-hydrogen) atoms. The summed E-state index contributed by atoms with van der Waals surface area (Å²) in [6, 6.07) is 11.0. The van der Waals surface area contributed by atoms with Crippen molar-refractivity contribution in [3.8, 4) is 17.3 Å². The molecule has 1 N–H and O–H groups in total. The summed E-state index contributed by atoms with van der Waals surface area (Å²) < 4.78 is 12.1. The fourth-order valence-corrected chi connectivity index (χ4v) is 2.52. The number of pyridine rings is 1. The van der Waals surface area contributed by atoms with Crippen molar-refractivity contribution in [1.29, 1.82) is 0 Å². The maximum Gasteiger partial charge on any atom is 0.252 e. The number of methoxy groups -OCH3 is 2. The first kappa shape index (κ1) is 17.5. The number of nitrogens with one attached hydrogen (secondary N) is 1. The Bertz CT molecular complexity index is 861. The van der Waals surface area contributed by atoms with E-state index in [0.29, 0.717) is 35.8 Å². The van der Waals surface area contributed by atoms with Crippen molar-refractivity contribution in [2.45, 2.75) is 6.42 Å². The normalized spacial score (nSPS) is 10.4. The highest BCUT2D eigenvalue weighted by atomic mass is 16.5. The zero-order chi connectivity index (χ0) is 18.4. The Morgan fingerprint density at radius 2 is 2.00 bits per heavy atom. The quantitative estimate of drug-likeness (QED) is 0.706. The van der Waals surface area contributed by atoms with Crippen LogP contribution in [0.25, 0.3) is 5.82 Å². The number of hydrogen-bond donors (Lipinski definition) is 1. The van der Waals surface area contributed by atoms with Crippen molar-refractivity contribution in [2.75, 3.05) is 20.8 Å².